The molecule has 1 atom stereocenters. The summed E-state index contributed by atoms with van der Waals surface area (Å²) in [6.45, 7) is 11.2. The highest BCUT2D eigenvalue weighted by molar-refractivity contribution is 5.82. The quantitative estimate of drug-likeness (QED) is 0.637. The monoisotopic (exact) mass is 386 g/mol. The van der Waals surface area contributed by atoms with E-state index < -0.39 is 0 Å². The number of carbonyl (C=O) groups excluding carboxylic acids is 1. The Balaban J connectivity index is 1.53. The van der Waals surface area contributed by atoms with Gasteiger partial charge in [-0.25, -0.2) is 0 Å². The Kier molecular flexibility index (Phi) is 6.60. The number of nitrogens with zero attached hydrogens (tertiary/aromatic N) is 3. The molecular formula is C22H34N4O2. The fourth-order valence-electron chi connectivity index (χ4n) is 4.17. The fourth-order valence-corrected chi connectivity index (χ4v) is 4.17. The third-order valence-corrected chi connectivity index (χ3v) is 5.87. The molecule has 28 heavy (non-hydrogen) atoms. The molecular weight excluding hydrogens is 352 g/mol. The van der Waals surface area contributed by atoms with E-state index in [1.54, 1.807) is 0 Å². The van der Waals surface area contributed by atoms with Crippen LogP contribution in [0.2, 0.25) is 0 Å². The third-order valence-electron chi connectivity index (χ3n) is 5.87. The lowest BCUT2D eigenvalue weighted by Crippen LogP contribution is -2.56. The summed E-state index contributed by atoms with van der Waals surface area (Å²) in [5, 5.41) is 3.55. The van der Waals surface area contributed by atoms with Gasteiger partial charge in [-0.15, -0.1) is 0 Å². The number of hydrogen-bond donors (Lipinski definition) is 1. The average Bonchev–Trinajstić information content (AvgIpc) is 3.23. The summed E-state index contributed by atoms with van der Waals surface area (Å²) in [7, 11) is 1.83. The molecule has 0 spiro atoms. The van der Waals surface area contributed by atoms with Crippen LogP contribution in [0.5, 0.6) is 0 Å². The Bertz CT molecular complexity index is 702. The first-order valence-corrected chi connectivity index (χ1v) is 10.3. The number of piperazine rings is 1. The van der Waals surface area contributed by atoms with Crippen LogP contribution in [-0.4, -0.2) is 74.1 Å². The maximum absolute atomic E-state index is 12.5. The van der Waals surface area contributed by atoms with Crippen LogP contribution in [0.15, 0.2) is 29.3 Å². The number of amides is 1. The number of aliphatic imine (C=N–C) groups is 1. The van der Waals surface area contributed by atoms with Gasteiger partial charge in [0.05, 0.1) is 0 Å². The van der Waals surface area contributed by atoms with Crippen LogP contribution in [0.4, 0.5) is 0 Å². The summed E-state index contributed by atoms with van der Waals surface area (Å²) >= 11 is 0. The first-order valence-electron chi connectivity index (χ1n) is 10.3. The van der Waals surface area contributed by atoms with Gasteiger partial charge in [0.2, 0.25) is 0 Å². The van der Waals surface area contributed by atoms with E-state index in [-0.39, 0.29) is 17.4 Å². The number of ether oxygens (including phenoxy) is 1. The zero-order valence-electron chi connectivity index (χ0n) is 17.7. The lowest BCUT2D eigenvalue weighted by atomic mass is 9.82. The molecule has 1 aromatic rings. The number of benzene rings is 1. The fraction of sp³-hybridized carbons (Fsp3) is 0.636. The van der Waals surface area contributed by atoms with Gasteiger partial charge in [0.1, 0.15) is 6.10 Å². The van der Waals surface area contributed by atoms with Gasteiger partial charge in [0, 0.05) is 51.8 Å². The van der Waals surface area contributed by atoms with Crippen molar-refractivity contribution in [2.24, 2.45) is 4.99 Å². The molecule has 2 heterocycles. The second-order valence-electron chi connectivity index (χ2n) is 8.41. The number of hydrogen-bond acceptors (Lipinski definition) is 3. The van der Waals surface area contributed by atoms with Crippen LogP contribution in [0.1, 0.15) is 37.8 Å². The van der Waals surface area contributed by atoms with Crippen molar-refractivity contribution >= 4 is 11.9 Å². The van der Waals surface area contributed by atoms with Crippen molar-refractivity contribution in [2.75, 3.05) is 46.4 Å². The van der Waals surface area contributed by atoms with Crippen molar-refractivity contribution in [1.29, 1.82) is 0 Å². The van der Waals surface area contributed by atoms with Gasteiger partial charge in [0.15, 0.2) is 5.96 Å². The molecule has 0 aromatic heterocycles. The molecule has 2 saturated heterocycles. The van der Waals surface area contributed by atoms with Crippen molar-refractivity contribution in [3.8, 4) is 0 Å². The van der Waals surface area contributed by atoms with Crippen molar-refractivity contribution in [1.82, 2.24) is 15.1 Å². The molecule has 0 bridgehead atoms. The highest BCUT2D eigenvalue weighted by Gasteiger charge is 2.31. The SMILES string of the molecule is CN=C(NCC(C)(C)c1ccccc1C)N1CCN(C(=O)C2CCCO2)CC1. The zero-order chi connectivity index (χ0) is 20.1. The lowest BCUT2D eigenvalue weighted by Gasteiger charge is -2.38. The summed E-state index contributed by atoms with van der Waals surface area (Å²) in [5.41, 5.74) is 2.66. The molecule has 2 aliphatic heterocycles. The predicted octanol–water partition coefficient (Wildman–Crippen LogP) is 2.17. The highest BCUT2D eigenvalue weighted by atomic mass is 16.5. The Morgan fingerprint density at radius 3 is 2.50 bits per heavy atom. The molecule has 1 N–H and O–H groups in total. The van der Waals surface area contributed by atoms with Crippen LogP contribution in [0.3, 0.4) is 0 Å². The second kappa shape index (κ2) is 8.95. The van der Waals surface area contributed by atoms with E-state index in [2.05, 4.69) is 60.2 Å². The molecule has 6 nitrogen and oxygen atoms in total. The minimum absolute atomic E-state index is 0.00111. The predicted molar refractivity (Wildman–Crippen MR) is 113 cm³/mol. The smallest absolute Gasteiger partial charge is 0.251 e. The minimum Gasteiger partial charge on any atom is -0.368 e. The van der Waals surface area contributed by atoms with Crippen molar-refractivity contribution in [2.45, 2.75) is 45.1 Å². The summed E-state index contributed by atoms with van der Waals surface area (Å²) in [6, 6.07) is 8.55. The molecule has 2 aliphatic rings. The van der Waals surface area contributed by atoms with Gasteiger partial charge in [-0.1, -0.05) is 38.1 Å². The van der Waals surface area contributed by atoms with Crippen LogP contribution in [-0.2, 0) is 14.9 Å². The first-order chi connectivity index (χ1) is 13.4. The summed E-state index contributed by atoms with van der Waals surface area (Å²) in [6.07, 6.45) is 1.62. The van der Waals surface area contributed by atoms with Crippen molar-refractivity contribution in [3.63, 3.8) is 0 Å². The summed E-state index contributed by atoms with van der Waals surface area (Å²) < 4.78 is 5.55. The molecule has 6 heteroatoms. The lowest BCUT2D eigenvalue weighted by molar-refractivity contribution is -0.142. The molecule has 0 saturated carbocycles. The second-order valence-corrected chi connectivity index (χ2v) is 8.41. The van der Waals surface area contributed by atoms with Crippen LogP contribution in [0, 0.1) is 6.92 Å². The van der Waals surface area contributed by atoms with Crippen molar-refractivity contribution in [3.05, 3.63) is 35.4 Å². The van der Waals surface area contributed by atoms with Gasteiger partial charge in [-0.2, -0.15) is 0 Å². The molecule has 3 rings (SSSR count). The number of aryl methyl sites for hydroxylation is 1. The first kappa shape index (κ1) is 20.6. The van der Waals surface area contributed by atoms with Gasteiger partial charge in [-0.05, 0) is 30.9 Å². The van der Waals surface area contributed by atoms with Crippen LogP contribution < -0.4 is 5.32 Å². The Morgan fingerprint density at radius 1 is 1.21 bits per heavy atom. The molecule has 154 valence electrons. The Morgan fingerprint density at radius 2 is 1.89 bits per heavy atom. The van der Waals surface area contributed by atoms with Crippen molar-refractivity contribution < 1.29 is 9.53 Å². The summed E-state index contributed by atoms with van der Waals surface area (Å²) in [5.74, 6) is 1.06. The maximum atomic E-state index is 12.5. The molecule has 1 aromatic carbocycles. The largest absolute Gasteiger partial charge is 0.368 e. The van der Waals surface area contributed by atoms with E-state index in [0.717, 1.165) is 51.5 Å². The molecule has 2 fully saturated rings. The van der Waals surface area contributed by atoms with E-state index in [4.69, 9.17) is 4.74 Å². The van der Waals surface area contributed by atoms with E-state index in [9.17, 15) is 4.79 Å². The topological polar surface area (TPSA) is 57.2 Å². The van der Waals surface area contributed by atoms with Crippen LogP contribution in [0.25, 0.3) is 0 Å². The van der Waals surface area contributed by atoms with Gasteiger partial charge in [0.25, 0.3) is 5.91 Å². The summed E-state index contributed by atoms with van der Waals surface area (Å²) in [4.78, 5) is 21.2. The zero-order valence-corrected chi connectivity index (χ0v) is 17.7. The highest BCUT2D eigenvalue weighted by Crippen LogP contribution is 2.25. The van der Waals surface area contributed by atoms with Crippen LogP contribution >= 0.6 is 0 Å². The standard InChI is InChI=1S/C22H34N4O2/c1-17-8-5-6-9-18(17)22(2,3)16-24-21(23-4)26-13-11-25(12-14-26)20(27)19-10-7-15-28-19/h5-6,8-9,19H,7,10-16H2,1-4H3,(H,23,24). The van der Waals surface area contributed by atoms with Gasteiger partial charge >= 0.3 is 0 Å². The van der Waals surface area contributed by atoms with E-state index in [0.29, 0.717) is 6.61 Å². The number of nitrogens with one attached hydrogen (secondary N) is 1. The molecule has 1 unspecified atom stereocenters. The minimum atomic E-state index is -0.223. The normalized spacial score (nSPS) is 21.1. The van der Waals surface area contributed by atoms with E-state index in [1.807, 2.05) is 11.9 Å². The molecule has 1 amide bonds. The average molecular weight is 387 g/mol. The Hall–Kier alpha value is -2.08. The molecule has 0 aliphatic carbocycles. The third kappa shape index (κ3) is 4.66. The van der Waals surface area contributed by atoms with Gasteiger partial charge < -0.3 is 19.9 Å². The number of guanidine groups is 1. The number of carbonyl (C=O) groups is 1. The maximum Gasteiger partial charge on any atom is 0.251 e. The van der Waals surface area contributed by atoms with E-state index in [1.165, 1.54) is 11.1 Å². The van der Waals surface area contributed by atoms with E-state index >= 15 is 0 Å². The Labute approximate surface area is 168 Å². The number of rotatable bonds is 4. The van der Waals surface area contributed by atoms with Gasteiger partial charge in [-0.3, -0.25) is 9.79 Å². The molecule has 0 radical (unpaired) electrons.